The first-order valence-corrected chi connectivity index (χ1v) is 9.25. The maximum Gasteiger partial charge on any atom is 0.204 e. The van der Waals surface area contributed by atoms with E-state index in [9.17, 15) is 15.0 Å². The first-order valence-electron chi connectivity index (χ1n) is 9.25. The van der Waals surface area contributed by atoms with Crippen molar-refractivity contribution in [2.45, 2.75) is 25.6 Å². The Morgan fingerprint density at radius 3 is 2.82 bits per heavy atom. The van der Waals surface area contributed by atoms with Gasteiger partial charge in [0.25, 0.3) is 0 Å². The van der Waals surface area contributed by atoms with Crippen LogP contribution in [-0.2, 0) is 6.61 Å². The molecule has 1 atom stereocenters. The monoisotopic (exact) mass is 373 g/mol. The Morgan fingerprint density at radius 1 is 1.14 bits per heavy atom. The van der Waals surface area contributed by atoms with Crippen molar-refractivity contribution in [1.29, 1.82) is 0 Å². The quantitative estimate of drug-likeness (QED) is 0.721. The number of carbonyl (C=O) groups excluding carboxylic acids is 1. The number of aromatic nitrogens is 1. The number of ketones is 1. The van der Waals surface area contributed by atoms with Crippen molar-refractivity contribution in [3.63, 3.8) is 0 Å². The number of aliphatic hydroxyl groups excluding tert-OH is 1. The fourth-order valence-electron chi connectivity index (χ4n) is 4.01. The van der Waals surface area contributed by atoms with Gasteiger partial charge in [0, 0.05) is 29.6 Å². The van der Waals surface area contributed by atoms with E-state index in [-0.39, 0.29) is 12.4 Å². The number of hydrogen-bond acceptors (Lipinski definition) is 6. The molecular formula is C22H19N3O3. The Balaban J connectivity index is 1.61. The number of aryl methyl sites for hydroxylation is 1. The Bertz CT molecular complexity index is 1170. The van der Waals surface area contributed by atoms with E-state index in [0.717, 1.165) is 22.2 Å². The lowest BCUT2D eigenvalue weighted by atomic mass is 9.87. The number of aliphatic hydroxyl groups is 2. The molecule has 6 heteroatoms. The molecule has 0 aliphatic carbocycles. The molecule has 2 aliphatic heterocycles. The van der Waals surface area contributed by atoms with Gasteiger partial charge in [-0.3, -0.25) is 9.78 Å². The lowest BCUT2D eigenvalue weighted by molar-refractivity contribution is 0.0602. The highest BCUT2D eigenvalue weighted by Crippen LogP contribution is 2.40. The van der Waals surface area contributed by atoms with E-state index in [0.29, 0.717) is 35.7 Å². The third-order valence-corrected chi connectivity index (χ3v) is 5.53. The molecule has 1 aromatic heterocycles. The number of rotatable bonds is 2. The van der Waals surface area contributed by atoms with Crippen LogP contribution in [0.4, 0.5) is 11.4 Å². The maximum atomic E-state index is 13.0. The topological polar surface area (TPSA) is 86.0 Å². The lowest BCUT2D eigenvalue weighted by Gasteiger charge is -2.30. The number of anilines is 1. The number of aliphatic imine (C=N–C) groups is 1. The third kappa shape index (κ3) is 2.38. The highest BCUT2D eigenvalue weighted by molar-refractivity contribution is 6.28. The smallest absolute Gasteiger partial charge is 0.204 e. The van der Waals surface area contributed by atoms with Gasteiger partial charge in [-0.25, -0.2) is 4.99 Å². The fourth-order valence-corrected chi connectivity index (χ4v) is 4.01. The van der Waals surface area contributed by atoms with Gasteiger partial charge in [-0.15, -0.1) is 0 Å². The zero-order valence-electron chi connectivity index (χ0n) is 15.4. The number of carbonyl (C=O) groups is 1. The van der Waals surface area contributed by atoms with Gasteiger partial charge >= 0.3 is 0 Å². The molecule has 140 valence electrons. The Morgan fingerprint density at radius 2 is 2.00 bits per heavy atom. The summed E-state index contributed by atoms with van der Waals surface area (Å²) in [7, 11) is 0. The Labute approximate surface area is 161 Å². The molecule has 0 saturated carbocycles. The van der Waals surface area contributed by atoms with Crippen LogP contribution in [0.15, 0.2) is 53.5 Å². The number of fused-ring (bicyclic) bond motifs is 3. The van der Waals surface area contributed by atoms with E-state index < -0.39 is 5.60 Å². The van der Waals surface area contributed by atoms with Crippen LogP contribution >= 0.6 is 0 Å². The largest absolute Gasteiger partial charge is 0.390 e. The number of hydrogen-bond donors (Lipinski definition) is 2. The van der Waals surface area contributed by atoms with Gasteiger partial charge in [-0.2, -0.15) is 0 Å². The molecule has 6 nitrogen and oxygen atoms in total. The van der Waals surface area contributed by atoms with Crippen LogP contribution in [0.2, 0.25) is 0 Å². The summed E-state index contributed by atoms with van der Waals surface area (Å²) in [6, 6.07) is 15.0. The molecule has 2 aromatic carbocycles. The second kappa shape index (κ2) is 5.95. The highest BCUT2D eigenvalue weighted by Gasteiger charge is 2.52. The van der Waals surface area contributed by atoms with E-state index in [1.807, 2.05) is 48.2 Å². The molecule has 3 heterocycles. The van der Waals surface area contributed by atoms with Gasteiger partial charge in [0.05, 0.1) is 23.5 Å². The second-order valence-corrected chi connectivity index (χ2v) is 7.38. The SMILES string of the molecule is Cc1ccc2c(c1)C(=O)C1(O)CCN(c3ccc4nc(CO)ccc4c3)C1=N2. The van der Waals surface area contributed by atoms with E-state index in [2.05, 4.69) is 9.98 Å². The average molecular weight is 373 g/mol. The molecule has 1 fully saturated rings. The van der Waals surface area contributed by atoms with Crippen LogP contribution in [0, 0.1) is 6.92 Å². The molecule has 1 saturated heterocycles. The number of Topliss-reactive ketones (excluding diaryl/α,β-unsaturated/α-hetero) is 1. The predicted octanol–water partition coefficient (Wildman–Crippen LogP) is 2.90. The van der Waals surface area contributed by atoms with Crippen molar-refractivity contribution in [3.8, 4) is 0 Å². The summed E-state index contributed by atoms with van der Waals surface area (Å²) in [5, 5.41) is 21.3. The van der Waals surface area contributed by atoms with Crippen molar-refractivity contribution >= 4 is 33.9 Å². The van der Waals surface area contributed by atoms with E-state index in [1.54, 1.807) is 12.1 Å². The van der Waals surface area contributed by atoms with Crippen LogP contribution in [-0.4, -0.2) is 39.0 Å². The maximum absolute atomic E-state index is 13.0. The number of nitrogens with zero attached hydrogens (tertiary/aromatic N) is 3. The molecule has 0 amide bonds. The summed E-state index contributed by atoms with van der Waals surface area (Å²) >= 11 is 0. The minimum absolute atomic E-state index is 0.103. The van der Waals surface area contributed by atoms with E-state index in [4.69, 9.17) is 0 Å². The zero-order chi connectivity index (χ0) is 19.5. The molecule has 2 aliphatic rings. The molecular weight excluding hydrogens is 354 g/mol. The summed E-state index contributed by atoms with van der Waals surface area (Å²) in [6.07, 6.45) is 0.303. The van der Waals surface area contributed by atoms with Crippen molar-refractivity contribution in [2.75, 3.05) is 11.4 Å². The Hall–Kier alpha value is -3.09. The lowest BCUT2D eigenvalue weighted by Crippen LogP contribution is -2.48. The zero-order valence-corrected chi connectivity index (χ0v) is 15.4. The van der Waals surface area contributed by atoms with Gasteiger partial charge in [-0.1, -0.05) is 17.7 Å². The first-order chi connectivity index (χ1) is 13.5. The van der Waals surface area contributed by atoms with Crippen LogP contribution in [0.25, 0.3) is 10.9 Å². The van der Waals surface area contributed by atoms with Crippen LogP contribution in [0.5, 0.6) is 0 Å². The van der Waals surface area contributed by atoms with Gasteiger partial charge < -0.3 is 15.1 Å². The van der Waals surface area contributed by atoms with Crippen molar-refractivity contribution in [2.24, 2.45) is 4.99 Å². The average Bonchev–Trinajstić information content (AvgIpc) is 3.06. The van der Waals surface area contributed by atoms with E-state index in [1.165, 1.54) is 0 Å². The Kier molecular flexibility index (Phi) is 3.62. The summed E-state index contributed by atoms with van der Waals surface area (Å²) in [6.45, 7) is 2.32. The van der Waals surface area contributed by atoms with Gasteiger partial charge in [0.15, 0.2) is 5.60 Å². The second-order valence-electron chi connectivity index (χ2n) is 7.38. The summed E-state index contributed by atoms with van der Waals surface area (Å²) in [5.74, 6) is 0.0990. The standard InChI is InChI=1S/C22H19N3O3/c1-13-2-6-19-17(10-13)20(27)22(28)8-9-25(21(22)24-19)16-5-7-18-14(11-16)3-4-15(12-26)23-18/h2-7,10-11,26,28H,8-9,12H2,1H3. The summed E-state index contributed by atoms with van der Waals surface area (Å²) < 4.78 is 0. The molecule has 0 bridgehead atoms. The predicted molar refractivity (Wildman–Crippen MR) is 107 cm³/mol. The highest BCUT2D eigenvalue weighted by atomic mass is 16.3. The molecule has 1 unspecified atom stereocenters. The van der Waals surface area contributed by atoms with Crippen molar-refractivity contribution in [1.82, 2.24) is 4.98 Å². The first kappa shape index (κ1) is 17.0. The van der Waals surface area contributed by atoms with Crippen LogP contribution < -0.4 is 4.90 Å². The van der Waals surface area contributed by atoms with Crippen molar-refractivity contribution < 1.29 is 15.0 Å². The molecule has 2 N–H and O–H groups in total. The minimum Gasteiger partial charge on any atom is -0.390 e. The molecule has 0 radical (unpaired) electrons. The number of amidine groups is 1. The van der Waals surface area contributed by atoms with Crippen LogP contribution in [0.3, 0.4) is 0 Å². The molecule has 0 spiro atoms. The van der Waals surface area contributed by atoms with Gasteiger partial charge in [-0.05, 0) is 43.3 Å². The summed E-state index contributed by atoms with van der Waals surface area (Å²) in [4.78, 5) is 24.0. The van der Waals surface area contributed by atoms with Gasteiger partial charge in [0.1, 0.15) is 5.84 Å². The summed E-state index contributed by atoms with van der Waals surface area (Å²) in [5.41, 5.74) is 2.70. The van der Waals surface area contributed by atoms with Crippen LogP contribution in [0.1, 0.15) is 28.0 Å². The number of benzene rings is 2. The van der Waals surface area contributed by atoms with Gasteiger partial charge in [0.2, 0.25) is 5.78 Å². The molecule has 3 aromatic rings. The van der Waals surface area contributed by atoms with E-state index >= 15 is 0 Å². The normalized spacial score (nSPS) is 20.9. The molecule has 5 rings (SSSR count). The fraction of sp³-hybridized carbons (Fsp3) is 0.227. The third-order valence-electron chi connectivity index (χ3n) is 5.53. The molecule has 28 heavy (non-hydrogen) atoms. The minimum atomic E-state index is -1.59. The number of pyridine rings is 1. The van der Waals surface area contributed by atoms with Crippen molar-refractivity contribution in [3.05, 3.63) is 65.4 Å².